The fraction of sp³-hybridized carbons (Fsp3) is 0.909. The smallest absolute Gasteiger partial charge is 0.0675 e. The van der Waals surface area contributed by atoms with Crippen LogP contribution in [0.2, 0.25) is 0 Å². The van der Waals surface area contributed by atoms with Gasteiger partial charge in [0.25, 0.3) is 0 Å². The average Bonchev–Trinajstić information content (AvgIpc) is 2.93. The molecule has 1 N–H and O–H groups in total. The lowest BCUT2D eigenvalue weighted by Gasteiger charge is -2.40. The highest BCUT2D eigenvalue weighted by Crippen LogP contribution is 2.59. The molecule has 3 nitrogen and oxygen atoms in total. The quantitative estimate of drug-likeness (QED) is 0.709. The first kappa shape index (κ1) is 9.95. The molecule has 14 heavy (non-hydrogen) atoms. The zero-order valence-corrected chi connectivity index (χ0v) is 8.74. The molecule has 2 atom stereocenters. The van der Waals surface area contributed by atoms with E-state index in [4.69, 9.17) is 10.4 Å². The van der Waals surface area contributed by atoms with Crippen molar-refractivity contribution in [3.05, 3.63) is 0 Å². The number of aliphatic hydroxyl groups is 1. The standard InChI is InChI=1S/C11H18N2O/c1-9-7-13(4-5-14)8-10(6-12)11(9)2-3-11/h9-10,14H,2-5,7-8H2,1H3. The van der Waals surface area contributed by atoms with Crippen molar-refractivity contribution in [1.82, 2.24) is 4.90 Å². The summed E-state index contributed by atoms with van der Waals surface area (Å²) in [4.78, 5) is 2.22. The molecule has 0 aromatic carbocycles. The first-order valence-electron chi connectivity index (χ1n) is 5.46. The van der Waals surface area contributed by atoms with Crippen molar-refractivity contribution < 1.29 is 5.11 Å². The maximum atomic E-state index is 9.13. The summed E-state index contributed by atoms with van der Waals surface area (Å²) >= 11 is 0. The van der Waals surface area contributed by atoms with Gasteiger partial charge in [0, 0.05) is 19.6 Å². The van der Waals surface area contributed by atoms with Gasteiger partial charge in [-0.1, -0.05) is 6.92 Å². The third kappa shape index (κ3) is 1.43. The molecular weight excluding hydrogens is 176 g/mol. The van der Waals surface area contributed by atoms with Crippen LogP contribution in [0.3, 0.4) is 0 Å². The largest absolute Gasteiger partial charge is 0.395 e. The van der Waals surface area contributed by atoms with Crippen LogP contribution in [0.1, 0.15) is 19.8 Å². The molecule has 2 aliphatic rings. The summed E-state index contributed by atoms with van der Waals surface area (Å²) < 4.78 is 0. The highest BCUT2D eigenvalue weighted by atomic mass is 16.3. The molecule has 1 aliphatic heterocycles. The molecule has 2 unspecified atom stereocenters. The molecule has 0 amide bonds. The zero-order chi connectivity index (χ0) is 10.2. The van der Waals surface area contributed by atoms with Gasteiger partial charge in [0.15, 0.2) is 0 Å². The summed E-state index contributed by atoms with van der Waals surface area (Å²) in [5.41, 5.74) is 0.348. The van der Waals surface area contributed by atoms with E-state index in [0.717, 1.165) is 19.6 Å². The lowest BCUT2D eigenvalue weighted by molar-refractivity contribution is 0.0657. The molecule has 3 heteroatoms. The van der Waals surface area contributed by atoms with E-state index in [9.17, 15) is 0 Å². The van der Waals surface area contributed by atoms with Gasteiger partial charge < -0.3 is 5.11 Å². The third-order valence-corrected chi connectivity index (χ3v) is 4.05. The fourth-order valence-electron chi connectivity index (χ4n) is 2.91. The Balaban J connectivity index is 2.04. The Hall–Kier alpha value is -0.590. The minimum atomic E-state index is 0.192. The van der Waals surface area contributed by atoms with E-state index < -0.39 is 0 Å². The van der Waals surface area contributed by atoms with Crippen LogP contribution in [0.5, 0.6) is 0 Å². The van der Waals surface area contributed by atoms with Crippen LogP contribution >= 0.6 is 0 Å². The summed E-state index contributed by atoms with van der Waals surface area (Å²) in [6.45, 7) is 5.09. The molecule has 1 saturated heterocycles. The van der Waals surface area contributed by atoms with Crippen LogP contribution < -0.4 is 0 Å². The van der Waals surface area contributed by atoms with E-state index in [2.05, 4.69) is 17.9 Å². The zero-order valence-electron chi connectivity index (χ0n) is 8.74. The molecule has 2 fully saturated rings. The second-order valence-electron chi connectivity index (χ2n) is 4.80. The lowest BCUT2D eigenvalue weighted by atomic mass is 9.76. The maximum Gasteiger partial charge on any atom is 0.0675 e. The molecular formula is C11H18N2O. The summed E-state index contributed by atoms with van der Waals surface area (Å²) in [6, 6.07) is 2.45. The minimum absolute atomic E-state index is 0.192. The lowest BCUT2D eigenvalue weighted by Crippen LogP contribution is -2.47. The van der Waals surface area contributed by atoms with Crippen LogP contribution in [0.25, 0.3) is 0 Å². The van der Waals surface area contributed by atoms with Gasteiger partial charge in [0.2, 0.25) is 0 Å². The van der Waals surface area contributed by atoms with Crippen LogP contribution in [0, 0.1) is 28.6 Å². The molecule has 0 aromatic heterocycles. The Morgan fingerprint density at radius 3 is 2.71 bits per heavy atom. The van der Waals surface area contributed by atoms with Crippen LogP contribution in [0.4, 0.5) is 0 Å². The second kappa shape index (κ2) is 3.52. The predicted molar refractivity (Wildman–Crippen MR) is 53.5 cm³/mol. The van der Waals surface area contributed by atoms with Gasteiger partial charge in [-0.3, -0.25) is 4.90 Å². The first-order valence-corrected chi connectivity index (χ1v) is 5.46. The Labute approximate surface area is 85.3 Å². The first-order chi connectivity index (χ1) is 6.73. The molecule has 1 heterocycles. The van der Waals surface area contributed by atoms with E-state index in [1.165, 1.54) is 12.8 Å². The number of hydrogen-bond donors (Lipinski definition) is 1. The SMILES string of the molecule is CC1CN(CCO)CC(C#N)C12CC2. The Morgan fingerprint density at radius 2 is 2.21 bits per heavy atom. The van der Waals surface area contributed by atoms with Crippen molar-refractivity contribution in [2.45, 2.75) is 19.8 Å². The summed E-state index contributed by atoms with van der Waals surface area (Å²) in [6.07, 6.45) is 2.47. The Kier molecular flexibility index (Phi) is 2.50. The highest BCUT2D eigenvalue weighted by Gasteiger charge is 2.56. The van der Waals surface area contributed by atoms with Crippen molar-refractivity contribution in [2.75, 3.05) is 26.2 Å². The van der Waals surface area contributed by atoms with E-state index >= 15 is 0 Å². The van der Waals surface area contributed by atoms with Crippen molar-refractivity contribution in [1.29, 1.82) is 5.26 Å². The molecule has 1 saturated carbocycles. The molecule has 0 aromatic rings. The Morgan fingerprint density at radius 1 is 1.50 bits per heavy atom. The van der Waals surface area contributed by atoms with E-state index in [0.29, 0.717) is 11.3 Å². The van der Waals surface area contributed by atoms with Gasteiger partial charge in [-0.15, -0.1) is 0 Å². The molecule has 0 radical (unpaired) electrons. The summed E-state index contributed by atoms with van der Waals surface area (Å²) in [5, 5.41) is 18.0. The van der Waals surface area contributed by atoms with Gasteiger partial charge in [-0.2, -0.15) is 5.26 Å². The summed E-state index contributed by atoms with van der Waals surface area (Å²) in [7, 11) is 0. The number of nitriles is 1. The number of likely N-dealkylation sites (tertiary alicyclic amines) is 1. The van der Waals surface area contributed by atoms with E-state index in [-0.39, 0.29) is 12.5 Å². The van der Waals surface area contributed by atoms with Crippen molar-refractivity contribution in [3.8, 4) is 6.07 Å². The van der Waals surface area contributed by atoms with Crippen molar-refractivity contribution in [2.24, 2.45) is 17.3 Å². The van der Waals surface area contributed by atoms with Crippen LogP contribution in [-0.4, -0.2) is 36.2 Å². The maximum absolute atomic E-state index is 9.13. The van der Waals surface area contributed by atoms with Gasteiger partial charge >= 0.3 is 0 Å². The van der Waals surface area contributed by atoms with Crippen LogP contribution in [0.15, 0.2) is 0 Å². The van der Waals surface area contributed by atoms with Crippen molar-refractivity contribution >= 4 is 0 Å². The number of piperidine rings is 1. The van der Waals surface area contributed by atoms with Crippen LogP contribution in [-0.2, 0) is 0 Å². The highest BCUT2D eigenvalue weighted by molar-refractivity contribution is 5.12. The monoisotopic (exact) mass is 194 g/mol. The third-order valence-electron chi connectivity index (χ3n) is 4.05. The van der Waals surface area contributed by atoms with Crippen molar-refractivity contribution in [3.63, 3.8) is 0 Å². The number of aliphatic hydroxyl groups excluding tert-OH is 1. The topological polar surface area (TPSA) is 47.3 Å². The number of rotatable bonds is 2. The van der Waals surface area contributed by atoms with Gasteiger partial charge in [0.1, 0.15) is 0 Å². The molecule has 1 aliphatic carbocycles. The normalized spacial score (nSPS) is 35.5. The van der Waals surface area contributed by atoms with Gasteiger partial charge in [-0.05, 0) is 24.2 Å². The average molecular weight is 194 g/mol. The van der Waals surface area contributed by atoms with Gasteiger partial charge in [0.05, 0.1) is 18.6 Å². The molecule has 2 rings (SSSR count). The Bertz CT molecular complexity index is 255. The van der Waals surface area contributed by atoms with Gasteiger partial charge in [-0.25, -0.2) is 0 Å². The minimum Gasteiger partial charge on any atom is -0.395 e. The molecule has 78 valence electrons. The van der Waals surface area contributed by atoms with E-state index in [1.807, 2.05) is 0 Å². The number of hydrogen-bond acceptors (Lipinski definition) is 3. The fourth-order valence-corrected chi connectivity index (χ4v) is 2.91. The summed E-state index contributed by atoms with van der Waals surface area (Å²) in [5.74, 6) is 0.810. The number of nitrogens with zero attached hydrogens (tertiary/aromatic N) is 2. The molecule has 1 spiro atoms. The number of β-amino-alcohol motifs (C(OH)–C–C–N with tert-alkyl or cyclic N) is 1. The predicted octanol–water partition coefficient (Wildman–Crippen LogP) is 0.850. The molecule has 0 bridgehead atoms. The second-order valence-corrected chi connectivity index (χ2v) is 4.80. The van der Waals surface area contributed by atoms with E-state index in [1.54, 1.807) is 0 Å².